The second kappa shape index (κ2) is 12.2. The SMILES string of the molecule is CCc1cnc(CCNC(=NC)NCCCc2ccccc2)s1.I. The summed E-state index contributed by atoms with van der Waals surface area (Å²) in [4.78, 5) is 10.0. The van der Waals surface area contributed by atoms with E-state index in [0.717, 1.165) is 44.7 Å². The third kappa shape index (κ3) is 7.61. The van der Waals surface area contributed by atoms with Gasteiger partial charge in [-0.15, -0.1) is 35.3 Å². The zero-order valence-electron chi connectivity index (χ0n) is 14.4. The lowest BCUT2D eigenvalue weighted by molar-refractivity contribution is 0.738. The molecule has 24 heavy (non-hydrogen) atoms. The maximum Gasteiger partial charge on any atom is 0.190 e. The van der Waals surface area contributed by atoms with E-state index in [1.54, 1.807) is 11.3 Å². The van der Waals surface area contributed by atoms with Crippen LogP contribution in [-0.4, -0.2) is 31.1 Å². The first-order valence-electron chi connectivity index (χ1n) is 8.24. The first-order valence-corrected chi connectivity index (χ1v) is 9.05. The van der Waals surface area contributed by atoms with Crippen LogP contribution in [0.1, 0.15) is 28.8 Å². The maximum atomic E-state index is 4.44. The van der Waals surface area contributed by atoms with E-state index in [9.17, 15) is 0 Å². The number of benzene rings is 1. The van der Waals surface area contributed by atoms with E-state index >= 15 is 0 Å². The number of guanidine groups is 1. The first kappa shape index (κ1) is 20.9. The minimum absolute atomic E-state index is 0. The van der Waals surface area contributed by atoms with Crippen LogP contribution < -0.4 is 10.6 Å². The van der Waals surface area contributed by atoms with Gasteiger partial charge in [0.2, 0.25) is 0 Å². The molecule has 1 heterocycles. The number of thiazole rings is 1. The van der Waals surface area contributed by atoms with Gasteiger partial charge in [-0.25, -0.2) is 4.98 Å². The molecule has 0 bridgehead atoms. The molecule has 1 aromatic heterocycles. The highest BCUT2D eigenvalue weighted by atomic mass is 127. The number of nitrogens with zero attached hydrogens (tertiary/aromatic N) is 2. The summed E-state index contributed by atoms with van der Waals surface area (Å²) in [6, 6.07) is 10.6. The van der Waals surface area contributed by atoms with E-state index in [1.165, 1.54) is 15.4 Å². The standard InChI is InChI=1S/C18H26N4S.HI/c1-3-16-14-22-17(23-16)11-13-21-18(19-2)20-12-7-10-15-8-5-4-6-9-15;/h4-6,8-9,14H,3,7,10-13H2,1-2H3,(H2,19,20,21);1H. The predicted octanol–water partition coefficient (Wildman–Crippen LogP) is 3.66. The van der Waals surface area contributed by atoms with Gasteiger partial charge in [-0.1, -0.05) is 37.3 Å². The van der Waals surface area contributed by atoms with Crippen molar-refractivity contribution in [3.05, 3.63) is 52.0 Å². The molecule has 0 aliphatic rings. The van der Waals surface area contributed by atoms with Crippen LogP contribution in [0.2, 0.25) is 0 Å². The highest BCUT2D eigenvalue weighted by Gasteiger charge is 2.02. The molecule has 0 fully saturated rings. The van der Waals surface area contributed by atoms with E-state index < -0.39 is 0 Å². The van der Waals surface area contributed by atoms with Gasteiger partial charge in [0.15, 0.2) is 5.96 Å². The minimum Gasteiger partial charge on any atom is -0.356 e. The lowest BCUT2D eigenvalue weighted by Crippen LogP contribution is -2.38. The van der Waals surface area contributed by atoms with Crippen molar-refractivity contribution in [1.29, 1.82) is 0 Å². The lowest BCUT2D eigenvalue weighted by atomic mass is 10.1. The summed E-state index contributed by atoms with van der Waals surface area (Å²) in [6.07, 6.45) is 6.17. The van der Waals surface area contributed by atoms with Gasteiger partial charge in [0.1, 0.15) is 0 Å². The van der Waals surface area contributed by atoms with Crippen molar-refractivity contribution in [2.75, 3.05) is 20.1 Å². The number of rotatable bonds is 8. The maximum absolute atomic E-state index is 4.44. The molecule has 132 valence electrons. The normalized spacial score (nSPS) is 11.0. The second-order valence-electron chi connectivity index (χ2n) is 5.34. The van der Waals surface area contributed by atoms with Crippen molar-refractivity contribution in [1.82, 2.24) is 15.6 Å². The first-order chi connectivity index (χ1) is 11.3. The number of aryl methyl sites for hydroxylation is 2. The highest BCUT2D eigenvalue weighted by molar-refractivity contribution is 14.0. The van der Waals surface area contributed by atoms with Crippen LogP contribution in [-0.2, 0) is 19.3 Å². The Morgan fingerprint density at radius 1 is 1.12 bits per heavy atom. The molecular formula is C18H27IN4S. The molecule has 6 heteroatoms. The number of nitrogens with one attached hydrogen (secondary N) is 2. The third-order valence-corrected chi connectivity index (χ3v) is 4.78. The molecule has 0 radical (unpaired) electrons. The fourth-order valence-corrected chi connectivity index (χ4v) is 3.14. The molecular weight excluding hydrogens is 431 g/mol. The molecule has 0 amide bonds. The van der Waals surface area contributed by atoms with Crippen LogP contribution in [0, 0.1) is 0 Å². The van der Waals surface area contributed by atoms with Gasteiger partial charge >= 0.3 is 0 Å². The molecule has 2 rings (SSSR count). The van der Waals surface area contributed by atoms with E-state index in [-0.39, 0.29) is 24.0 Å². The van der Waals surface area contributed by atoms with Crippen LogP contribution in [0.15, 0.2) is 41.5 Å². The average Bonchev–Trinajstić information content (AvgIpc) is 3.06. The van der Waals surface area contributed by atoms with Crippen molar-refractivity contribution >= 4 is 41.3 Å². The van der Waals surface area contributed by atoms with Crippen LogP contribution in [0.4, 0.5) is 0 Å². The van der Waals surface area contributed by atoms with Crippen LogP contribution in [0.3, 0.4) is 0 Å². The lowest BCUT2D eigenvalue weighted by Gasteiger charge is -2.11. The molecule has 0 unspecified atom stereocenters. The van der Waals surface area contributed by atoms with E-state index in [1.807, 2.05) is 13.2 Å². The molecule has 0 saturated heterocycles. The van der Waals surface area contributed by atoms with E-state index in [2.05, 4.69) is 57.9 Å². The molecule has 0 aliphatic heterocycles. The van der Waals surface area contributed by atoms with Gasteiger partial charge in [-0.3, -0.25) is 4.99 Å². The zero-order valence-corrected chi connectivity index (χ0v) is 17.6. The number of hydrogen-bond acceptors (Lipinski definition) is 3. The highest BCUT2D eigenvalue weighted by Crippen LogP contribution is 2.13. The Balaban J connectivity index is 0.00000288. The monoisotopic (exact) mass is 458 g/mol. The Morgan fingerprint density at radius 2 is 1.88 bits per heavy atom. The average molecular weight is 458 g/mol. The summed E-state index contributed by atoms with van der Waals surface area (Å²) >= 11 is 1.80. The van der Waals surface area contributed by atoms with Crippen molar-refractivity contribution in [3.63, 3.8) is 0 Å². The van der Waals surface area contributed by atoms with Crippen molar-refractivity contribution in [3.8, 4) is 0 Å². The fraction of sp³-hybridized carbons (Fsp3) is 0.444. The molecule has 0 aliphatic carbocycles. The Morgan fingerprint density at radius 3 is 2.54 bits per heavy atom. The van der Waals surface area contributed by atoms with Crippen LogP contribution >= 0.6 is 35.3 Å². The predicted molar refractivity (Wildman–Crippen MR) is 115 cm³/mol. The Hall–Kier alpha value is -1.15. The molecule has 2 aromatic rings. The van der Waals surface area contributed by atoms with Crippen molar-refractivity contribution in [2.24, 2.45) is 4.99 Å². The largest absolute Gasteiger partial charge is 0.356 e. The Kier molecular flexibility index (Phi) is 10.7. The van der Waals surface area contributed by atoms with Gasteiger partial charge in [-0.2, -0.15) is 0 Å². The quantitative estimate of drug-likeness (QED) is 0.275. The molecule has 1 aromatic carbocycles. The van der Waals surface area contributed by atoms with E-state index in [0.29, 0.717) is 0 Å². The second-order valence-corrected chi connectivity index (χ2v) is 6.54. The summed E-state index contributed by atoms with van der Waals surface area (Å²) < 4.78 is 0. The number of halogens is 1. The Labute approximate surface area is 166 Å². The van der Waals surface area contributed by atoms with Crippen LogP contribution in [0.5, 0.6) is 0 Å². The summed E-state index contributed by atoms with van der Waals surface area (Å²) in [6.45, 7) is 3.94. The molecule has 0 atom stereocenters. The fourth-order valence-electron chi connectivity index (χ4n) is 2.28. The molecule has 4 nitrogen and oxygen atoms in total. The molecule has 2 N–H and O–H groups in total. The van der Waals surface area contributed by atoms with Gasteiger partial charge in [-0.05, 0) is 24.8 Å². The van der Waals surface area contributed by atoms with Gasteiger partial charge in [0, 0.05) is 37.6 Å². The molecule has 0 saturated carbocycles. The minimum atomic E-state index is 0. The number of hydrogen-bond donors (Lipinski definition) is 2. The number of aromatic nitrogens is 1. The summed E-state index contributed by atoms with van der Waals surface area (Å²) in [5, 5.41) is 7.90. The summed E-state index contributed by atoms with van der Waals surface area (Å²) in [5.74, 6) is 0.866. The number of aliphatic imine (C=N–C) groups is 1. The van der Waals surface area contributed by atoms with Crippen LogP contribution in [0.25, 0.3) is 0 Å². The zero-order chi connectivity index (χ0) is 16.3. The third-order valence-electron chi connectivity index (χ3n) is 3.58. The summed E-state index contributed by atoms with van der Waals surface area (Å²) in [5.41, 5.74) is 1.38. The van der Waals surface area contributed by atoms with Crippen molar-refractivity contribution in [2.45, 2.75) is 32.6 Å². The van der Waals surface area contributed by atoms with Crippen molar-refractivity contribution < 1.29 is 0 Å². The smallest absolute Gasteiger partial charge is 0.190 e. The summed E-state index contributed by atoms with van der Waals surface area (Å²) in [7, 11) is 1.81. The molecule has 0 spiro atoms. The van der Waals surface area contributed by atoms with Gasteiger partial charge < -0.3 is 10.6 Å². The van der Waals surface area contributed by atoms with Gasteiger partial charge in [0.05, 0.1) is 5.01 Å². The topological polar surface area (TPSA) is 49.3 Å². The Bertz CT molecular complexity index is 598. The van der Waals surface area contributed by atoms with Gasteiger partial charge in [0.25, 0.3) is 0 Å². The van der Waals surface area contributed by atoms with E-state index in [4.69, 9.17) is 0 Å².